The third-order valence-electron chi connectivity index (χ3n) is 3.51. The lowest BCUT2D eigenvalue weighted by Gasteiger charge is -2.12. The van der Waals surface area contributed by atoms with Gasteiger partial charge < -0.3 is 5.11 Å². The zero-order chi connectivity index (χ0) is 17.1. The zero-order valence-electron chi connectivity index (χ0n) is 12.9. The standard InChI is InChI=1S/C16H16BBrN2O3/c1-8(2)11-6-10(19-20-16(11)23)7-12-13(17)3-9(4-14(12)18)5-15(21)22/h3-4,6,8H,5,7H2,1-2H3,(H,20,23)(H,21,22). The van der Waals surface area contributed by atoms with E-state index in [2.05, 4.69) is 26.1 Å². The summed E-state index contributed by atoms with van der Waals surface area (Å²) >= 11 is 3.43. The van der Waals surface area contributed by atoms with Gasteiger partial charge in [0.05, 0.1) is 12.1 Å². The van der Waals surface area contributed by atoms with Crippen LogP contribution in [0.4, 0.5) is 0 Å². The van der Waals surface area contributed by atoms with Gasteiger partial charge >= 0.3 is 5.97 Å². The number of aromatic nitrogens is 2. The maximum absolute atomic E-state index is 11.7. The Labute approximate surface area is 143 Å². The molecule has 2 radical (unpaired) electrons. The normalized spacial score (nSPS) is 11.0. The number of H-pyrrole nitrogens is 1. The molecular formula is C16H16BBrN2O3. The number of aliphatic carboxylic acids is 1. The van der Waals surface area contributed by atoms with Gasteiger partial charge in [-0.15, -0.1) is 0 Å². The molecule has 0 aliphatic carbocycles. The van der Waals surface area contributed by atoms with Gasteiger partial charge in [0.1, 0.15) is 7.85 Å². The molecule has 1 heterocycles. The van der Waals surface area contributed by atoms with Crippen molar-refractivity contribution in [3.8, 4) is 0 Å². The lowest BCUT2D eigenvalue weighted by atomic mass is 9.86. The number of carbonyl (C=O) groups is 1. The van der Waals surface area contributed by atoms with Crippen LogP contribution >= 0.6 is 15.9 Å². The monoisotopic (exact) mass is 374 g/mol. The highest BCUT2D eigenvalue weighted by atomic mass is 79.9. The zero-order valence-corrected chi connectivity index (χ0v) is 14.5. The molecule has 118 valence electrons. The van der Waals surface area contributed by atoms with Crippen molar-refractivity contribution >= 4 is 35.2 Å². The van der Waals surface area contributed by atoms with Gasteiger partial charge in [-0.1, -0.05) is 41.3 Å². The summed E-state index contributed by atoms with van der Waals surface area (Å²) in [6.07, 6.45) is 0.355. The molecule has 0 spiro atoms. The van der Waals surface area contributed by atoms with Crippen molar-refractivity contribution < 1.29 is 9.90 Å². The maximum Gasteiger partial charge on any atom is 0.307 e. The van der Waals surface area contributed by atoms with E-state index in [1.807, 2.05) is 13.8 Å². The highest BCUT2D eigenvalue weighted by Crippen LogP contribution is 2.20. The fourth-order valence-electron chi connectivity index (χ4n) is 2.34. The molecule has 0 aliphatic heterocycles. The number of hydrogen-bond donors (Lipinski definition) is 2. The summed E-state index contributed by atoms with van der Waals surface area (Å²) in [7, 11) is 6.05. The van der Waals surface area contributed by atoms with Crippen LogP contribution in [-0.4, -0.2) is 29.1 Å². The van der Waals surface area contributed by atoms with E-state index in [9.17, 15) is 9.59 Å². The predicted molar refractivity (Wildman–Crippen MR) is 92.6 cm³/mol. The Morgan fingerprint density at radius 3 is 2.65 bits per heavy atom. The largest absolute Gasteiger partial charge is 0.481 e. The average molecular weight is 375 g/mol. The van der Waals surface area contributed by atoms with Crippen molar-refractivity contribution in [2.24, 2.45) is 0 Å². The van der Waals surface area contributed by atoms with Gasteiger partial charge in [0, 0.05) is 16.5 Å². The Kier molecular flexibility index (Phi) is 5.41. The number of nitrogens with one attached hydrogen (secondary N) is 1. The molecule has 0 saturated heterocycles. The topological polar surface area (TPSA) is 83.0 Å². The third kappa shape index (κ3) is 4.31. The number of benzene rings is 1. The molecule has 0 unspecified atom stereocenters. The molecule has 0 fully saturated rings. The van der Waals surface area contributed by atoms with Crippen LogP contribution in [-0.2, 0) is 17.6 Å². The Balaban J connectivity index is 2.35. The van der Waals surface area contributed by atoms with Crippen molar-refractivity contribution in [2.45, 2.75) is 32.6 Å². The van der Waals surface area contributed by atoms with Crippen LogP contribution in [0.2, 0.25) is 0 Å². The van der Waals surface area contributed by atoms with Gasteiger partial charge in [-0.25, -0.2) is 5.10 Å². The first-order chi connectivity index (χ1) is 10.8. The molecule has 1 aromatic carbocycles. The fraction of sp³-hybridized carbons (Fsp3) is 0.312. The molecule has 0 amide bonds. The van der Waals surface area contributed by atoms with E-state index < -0.39 is 5.97 Å². The number of hydrogen-bond acceptors (Lipinski definition) is 3. The van der Waals surface area contributed by atoms with Crippen molar-refractivity contribution in [1.82, 2.24) is 10.2 Å². The number of carboxylic acids is 1. The van der Waals surface area contributed by atoms with E-state index >= 15 is 0 Å². The molecular weight excluding hydrogens is 359 g/mol. The first-order valence-electron chi connectivity index (χ1n) is 7.15. The van der Waals surface area contributed by atoms with Gasteiger partial charge in [0.2, 0.25) is 0 Å². The van der Waals surface area contributed by atoms with Crippen LogP contribution in [0.5, 0.6) is 0 Å². The summed E-state index contributed by atoms with van der Waals surface area (Å²) in [6, 6.07) is 5.18. The van der Waals surface area contributed by atoms with E-state index in [-0.39, 0.29) is 17.9 Å². The minimum Gasteiger partial charge on any atom is -0.481 e. The van der Waals surface area contributed by atoms with E-state index in [1.165, 1.54) is 0 Å². The quantitative estimate of drug-likeness (QED) is 0.779. The molecule has 1 aromatic heterocycles. The molecule has 7 heteroatoms. The van der Waals surface area contributed by atoms with E-state index in [0.29, 0.717) is 28.7 Å². The smallest absolute Gasteiger partial charge is 0.307 e. The van der Waals surface area contributed by atoms with Crippen LogP contribution in [0, 0.1) is 0 Å². The SMILES string of the molecule is [B]c1cc(CC(=O)O)cc(Br)c1Cc1cc(C(C)C)c(=O)[nH]n1. The molecule has 0 aliphatic rings. The number of aromatic amines is 1. The Bertz CT molecular complexity index is 779. The van der Waals surface area contributed by atoms with Gasteiger partial charge in [0.15, 0.2) is 0 Å². The minimum atomic E-state index is -0.909. The van der Waals surface area contributed by atoms with Crippen molar-refractivity contribution in [3.63, 3.8) is 0 Å². The first kappa shape index (κ1) is 17.5. The summed E-state index contributed by atoms with van der Waals surface area (Å²) in [5, 5.41) is 15.4. The predicted octanol–water partition coefficient (Wildman–Crippen LogP) is 1.67. The second-order valence-electron chi connectivity index (χ2n) is 5.69. The van der Waals surface area contributed by atoms with Gasteiger partial charge in [0.25, 0.3) is 5.56 Å². The Morgan fingerprint density at radius 1 is 1.39 bits per heavy atom. The molecule has 0 saturated carbocycles. The molecule has 2 aromatic rings. The van der Waals surface area contributed by atoms with Crippen molar-refractivity contribution in [1.29, 1.82) is 0 Å². The lowest BCUT2D eigenvalue weighted by molar-refractivity contribution is -0.136. The van der Waals surface area contributed by atoms with Crippen LogP contribution in [0.3, 0.4) is 0 Å². The van der Waals surface area contributed by atoms with Gasteiger partial charge in [-0.05, 0) is 29.2 Å². The molecule has 23 heavy (non-hydrogen) atoms. The summed E-state index contributed by atoms with van der Waals surface area (Å²) in [5.74, 6) is -0.813. The second kappa shape index (κ2) is 7.13. The highest BCUT2D eigenvalue weighted by molar-refractivity contribution is 9.10. The van der Waals surface area contributed by atoms with Crippen molar-refractivity contribution in [3.05, 3.63) is 55.4 Å². The van der Waals surface area contributed by atoms with Crippen LogP contribution in [0.1, 0.15) is 42.1 Å². The first-order valence-corrected chi connectivity index (χ1v) is 7.94. The number of carboxylic acid groups (broad SMARTS) is 1. The summed E-state index contributed by atoms with van der Waals surface area (Å²) < 4.78 is 0.729. The molecule has 0 atom stereocenters. The highest BCUT2D eigenvalue weighted by Gasteiger charge is 2.12. The molecule has 2 rings (SSSR count). The summed E-state index contributed by atoms with van der Waals surface area (Å²) in [6.45, 7) is 3.89. The summed E-state index contributed by atoms with van der Waals surface area (Å²) in [5.41, 5.74) is 3.12. The number of rotatable bonds is 5. The lowest BCUT2D eigenvalue weighted by Crippen LogP contribution is -2.19. The fourth-order valence-corrected chi connectivity index (χ4v) is 3.01. The molecule has 2 N–H and O–H groups in total. The second-order valence-corrected chi connectivity index (χ2v) is 6.55. The van der Waals surface area contributed by atoms with Gasteiger partial charge in [-0.3, -0.25) is 9.59 Å². The van der Waals surface area contributed by atoms with Crippen molar-refractivity contribution in [2.75, 3.05) is 0 Å². The average Bonchev–Trinajstić information content (AvgIpc) is 2.43. The van der Waals surface area contributed by atoms with E-state index in [0.717, 1.165) is 10.0 Å². The van der Waals surface area contributed by atoms with E-state index in [4.69, 9.17) is 13.0 Å². The van der Waals surface area contributed by atoms with Crippen LogP contribution in [0.15, 0.2) is 27.5 Å². The Hall–Kier alpha value is -1.89. The third-order valence-corrected chi connectivity index (χ3v) is 4.22. The maximum atomic E-state index is 11.7. The minimum absolute atomic E-state index is 0.0858. The molecule has 5 nitrogen and oxygen atoms in total. The number of nitrogens with zero attached hydrogens (tertiary/aromatic N) is 1. The number of halogens is 1. The van der Waals surface area contributed by atoms with E-state index in [1.54, 1.807) is 18.2 Å². The molecule has 0 bridgehead atoms. The van der Waals surface area contributed by atoms with Gasteiger partial charge in [-0.2, -0.15) is 5.10 Å². The Morgan fingerprint density at radius 2 is 2.09 bits per heavy atom. The van der Waals surface area contributed by atoms with Crippen LogP contribution < -0.4 is 11.0 Å². The summed E-state index contributed by atoms with van der Waals surface area (Å²) in [4.78, 5) is 22.5. The van der Waals surface area contributed by atoms with Crippen LogP contribution in [0.25, 0.3) is 0 Å².